The summed E-state index contributed by atoms with van der Waals surface area (Å²) in [6.45, 7) is 5.99. The lowest BCUT2D eigenvalue weighted by atomic mass is 10.1. The van der Waals surface area contributed by atoms with E-state index in [0.717, 1.165) is 28.1 Å². The van der Waals surface area contributed by atoms with E-state index in [0.29, 0.717) is 13.2 Å². The van der Waals surface area contributed by atoms with E-state index in [9.17, 15) is 0 Å². The van der Waals surface area contributed by atoms with Crippen molar-refractivity contribution in [1.82, 2.24) is 5.32 Å². The second-order valence-corrected chi connectivity index (χ2v) is 5.92. The molecule has 2 rings (SSSR count). The molecule has 0 aliphatic heterocycles. The number of rotatable bonds is 7. The lowest BCUT2D eigenvalue weighted by Crippen LogP contribution is -2.07. The first kappa shape index (κ1) is 16.8. The molecule has 2 aromatic rings. The molecule has 0 fully saturated rings. The molecule has 0 unspecified atom stereocenters. The number of hydrogen-bond donors (Lipinski definition) is 1. The molecule has 0 atom stereocenters. The second-order valence-electron chi connectivity index (χ2n) is 5.07. The Morgan fingerprint density at radius 2 is 1.77 bits per heavy atom. The third-order valence-corrected chi connectivity index (χ3v) is 4.16. The SMILES string of the molecule is CCOc1cc(CNC)c(Br)cc1OCc1ccccc1C. The summed E-state index contributed by atoms with van der Waals surface area (Å²) in [7, 11) is 1.93. The van der Waals surface area contributed by atoms with Crippen molar-refractivity contribution in [3.05, 3.63) is 57.6 Å². The van der Waals surface area contributed by atoms with Gasteiger partial charge in [0.1, 0.15) is 6.61 Å². The minimum absolute atomic E-state index is 0.532. The molecule has 0 heterocycles. The predicted octanol–water partition coefficient (Wildman–Crippen LogP) is 4.45. The van der Waals surface area contributed by atoms with Crippen molar-refractivity contribution in [2.24, 2.45) is 0 Å². The average molecular weight is 364 g/mol. The molecule has 3 nitrogen and oxygen atoms in total. The van der Waals surface area contributed by atoms with Gasteiger partial charge in [-0.2, -0.15) is 0 Å². The highest BCUT2D eigenvalue weighted by Crippen LogP contribution is 2.34. The van der Waals surface area contributed by atoms with Crippen LogP contribution in [0.25, 0.3) is 0 Å². The van der Waals surface area contributed by atoms with Crippen LogP contribution in [-0.4, -0.2) is 13.7 Å². The zero-order valence-corrected chi connectivity index (χ0v) is 14.9. The molecular formula is C18H22BrNO2. The Balaban J connectivity index is 2.22. The Morgan fingerprint density at radius 1 is 1.05 bits per heavy atom. The van der Waals surface area contributed by atoms with E-state index >= 15 is 0 Å². The van der Waals surface area contributed by atoms with E-state index in [4.69, 9.17) is 9.47 Å². The number of nitrogens with one attached hydrogen (secondary N) is 1. The van der Waals surface area contributed by atoms with Crippen LogP contribution < -0.4 is 14.8 Å². The Labute approximate surface area is 140 Å². The molecular weight excluding hydrogens is 342 g/mol. The van der Waals surface area contributed by atoms with Crippen LogP contribution in [-0.2, 0) is 13.2 Å². The van der Waals surface area contributed by atoms with Gasteiger partial charge in [0.05, 0.1) is 6.61 Å². The van der Waals surface area contributed by atoms with Crippen molar-refractivity contribution in [3.8, 4) is 11.5 Å². The minimum atomic E-state index is 0.532. The molecule has 0 aromatic heterocycles. The van der Waals surface area contributed by atoms with Crippen LogP contribution in [0.15, 0.2) is 40.9 Å². The minimum Gasteiger partial charge on any atom is -0.490 e. The quantitative estimate of drug-likeness (QED) is 0.787. The molecule has 2 aromatic carbocycles. The van der Waals surface area contributed by atoms with Gasteiger partial charge in [-0.1, -0.05) is 40.2 Å². The highest BCUT2D eigenvalue weighted by atomic mass is 79.9. The maximum atomic E-state index is 6.00. The van der Waals surface area contributed by atoms with E-state index in [1.807, 2.05) is 38.2 Å². The molecule has 22 heavy (non-hydrogen) atoms. The number of aryl methyl sites for hydroxylation is 1. The molecule has 0 amide bonds. The summed E-state index contributed by atoms with van der Waals surface area (Å²) in [5, 5.41) is 3.15. The summed E-state index contributed by atoms with van der Waals surface area (Å²) in [5.41, 5.74) is 3.56. The van der Waals surface area contributed by atoms with E-state index < -0.39 is 0 Å². The Hall–Kier alpha value is -1.52. The summed E-state index contributed by atoms with van der Waals surface area (Å²) in [6, 6.07) is 12.2. The number of ether oxygens (including phenoxy) is 2. The molecule has 0 saturated carbocycles. The van der Waals surface area contributed by atoms with E-state index in [1.165, 1.54) is 11.1 Å². The highest BCUT2D eigenvalue weighted by Gasteiger charge is 2.11. The third-order valence-electron chi connectivity index (χ3n) is 3.42. The summed E-state index contributed by atoms with van der Waals surface area (Å²) in [6.07, 6.45) is 0. The lowest BCUT2D eigenvalue weighted by Gasteiger charge is -2.15. The van der Waals surface area contributed by atoms with Crippen molar-refractivity contribution < 1.29 is 9.47 Å². The molecule has 118 valence electrons. The van der Waals surface area contributed by atoms with Crippen molar-refractivity contribution in [2.45, 2.75) is 27.0 Å². The maximum absolute atomic E-state index is 6.00. The van der Waals surface area contributed by atoms with Crippen molar-refractivity contribution in [3.63, 3.8) is 0 Å². The van der Waals surface area contributed by atoms with Crippen LogP contribution in [0.3, 0.4) is 0 Å². The molecule has 0 aliphatic rings. The number of halogens is 1. The van der Waals surface area contributed by atoms with Gasteiger partial charge in [0, 0.05) is 11.0 Å². The fraction of sp³-hybridized carbons (Fsp3) is 0.333. The zero-order valence-electron chi connectivity index (χ0n) is 13.3. The lowest BCUT2D eigenvalue weighted by molar-refractivity contribution is 0.268. The van der Waals surface area contributed by atoms with Crippen molar-refractivity contribution in [1.29, 1.82) is 0 Å². The second kappa shape index (κ2) is 8.20. The summed E-state index contributed by atoms with van der Waals surface area (Å²) < 4.78 is 12.7. The smallest absolute Gasteiger partial charge is 0.162 e. The Morgan fingerprint density at radius 3 is 2.45 bits per heavy atom. The molecule has 4 heteroatoms. The third kappa shape index (κ3) is 4.24. The van der Waals surface area contributed by atoms with Crippen LogP contribution in [0.2, 0.25) is 0 Å². The average Bonchev–Trinajstić information content (AvgIpc) is 2.50. The van der Waals surface area contributed by atoms with Crippen LogP contribution in [0.1, 0.15) is 23.6 Å². The van der Waals surface area contributed by atoms with Gasteiger partial charge in [0.2, 0.25) is 0 Å². The van der Waals surface area contributed by atoms with Gasteiger partial charge in [0.25, 0.3) is 0 Å². The fourth-order valence-electron chi connectivity index (χ4n) is 2.21. The Bertz CT molecular complexity index is 628. The van der Waals surface area contributed by atoms with Gasteiger partial charge in [-0.05, 0) is 49.7 Å². The van der Waals surface area contributed by atoms with Crippen molar-refractivity contribution >= 4 is 15.9 Å². The van der Waals surface area contributed by atoms with E-state index in [1.54, 1.807) is 0 Å². The predicted molar refractivity (Wildman–Crippen MR) is 93.6 cm³/mol. The molecule has 0 spiro atoms. The first-order valence-electron chi connectivity index (χ1n) is 7.42. The van der Waals surface area contributed by atoms with Crippen molar-refractivity contribution in [2.75, 3.05) is 13.7 Å². The molecule has 0 bridgehead atoms. The van der Waals surface area contributed by atoms with Gasteiger partial charge in [-0.3, -0.25) is 0 Å². The first-order valence-corrected chi connectivity index (χ1v) is 8.22. The number of hydrogen-bond acceptors (Lipinski definition) is 3. The summed E-state index contributed by atoms with van der Waals surface area (Å²) >= 11 is 3.60. The van der Waals surface area contributed by atoms with Gasteiger partial charge < -0.3 is 14.8 Å². The maximum Gasteiger partial charge on any atom is 0.162 e. The number of benzene rings is 2. The molecule has 0 aliphatic carbocycles. The van der Waals surface area contributed by atoms with Crippen LogP contribution in [0.4, 0.5) is 0 Å². The van der Waals surface area contributed by atoms with Gasteiger partial charge in [-0.15, -0.1) is 0 Å². The summed E-state index contributed by atoms with van der Waals surface area (Å²) in [5.74, 6) is 1.54. The van der Waals surface area contributed by atoms with E-state index in [2.05, 4.69) is 40.3 Å². The molecule has 0 saturated heterocycles. The zero-order chi connectivity index (χ0) is 15.9. The molecule has 1 N–H and O–H groups in total. The monoisotopic (exact) mass is 363 g/mol. The highest BCUT2D eigenvalue weighted by molar-refractivity contribution is 9.10. The normalized spacial score (nSPS) is 10.5. The van der Waals surface area contributed by atoms with E-state index in [-0.39, 0.29) is 0 Å². The van der Waals surface area contributed by atoms with Gasteiger partial charge in [-0.25, -0.2) is 0 Å². The molecule has 0 radical (unpaired) electrons. The largest absolute Gasteiger partial charge is 0.490 e. The van der Waals surface area contributed by atoms with Gasteiger partial charge >= 0.3 is 0 Å². The Kier molecular flexibility index (Phi) is 6.28. The van der Waals surface area contributed by atoms with Crippen LogP contribution >= 0.6 is 15.9 Å². The van der Waals surface area contributed by atoms with Crippen LogP contribution in [0.5, 0.6) is 11.5 Å². The topological polar surface area (TPSA) is 30.5 Å². The fourth-order valence-corrected chi connectivity index (χ4v) is 2.67. The standard InChI is InChI=1S/C18H22BrNO2/c1-4-21-17-9-15(11-20-3)16(19)10-18(17)22-12-14-8-6-5-7-13(14)2/h5-10,20H,4,11-12H2,1-3H3. The summed E-state index contributed by atoms with van der Waals surface area (Å²) in [4.78, 5) is 0. The van der Waals surface area contributed by atoms with Gasteiger partial charge in [0.15, 0.2) is 11.5 Å². The van der Waals surface area contributed by atoms with Crippen LogP contribution in [0, 0.1) is 6.92 Å². The first-order chi connectivity index (χ1) is 10.7.